The van der Waals surface area contributed by atoms with Crippen molar-refractivity contribution in [3.8, 4) is 0 Å². The molecule has 1 heterocycles. The van der Waals surface area contributed by atoms with Gasteiger partial charge < -0.3 is 10.5 Å². The van der Waals surface area contributed by atoms with E-state index in [4.69, 9.17) is 10.5 Å². The maximum Gasteiger partial charge on any atom is 0.0850 e. The van der Waals surface area contributed by atoms with Crippen molar-refractivity contribution in [1.82, 2.24) is 0 Å². The Labute approximate surface area is 99.4 Å². The van der Waals surface area contributed by atoms with Crippen LogP contribution in [-0.4, -0.2) is 27.7 Å². The summed E-state index contributed by atoms with van der Waals surface area (Å²) in [7, 11) is -0.877. The highest BCUT2D eigenvalue weighted by Gasteiger charge is 2.21. The Kier molecular flexibility index (Phi) is 4.57. The van der Waals surface area contributed by atoms with Crippen LogP contribution >= 0.6 is 0 Å². The summed E-state index contributed by atoms with van der Waals surface area (Å²) in [6, 6.07) is 12.2. The third-order valence-corrected chi connectivity index (χ3v) is 6.29. The molecule has 2 nitrogen and oxygen atoms in total. The minimum atomic E-state index is -0.877. The fraction of sp³-hybridized carbons (Fsp3) is 0.538. The first-order chi connectivity index (χ1) is 7.90. The molecule has 0 aromatic heterocycles. The molecule has 0 spiro atoms. The van der Waals surface area contributed by atoms with Gasteiger partial charge in [0.15, 0.2) is 0 Å². The predicted molar refractivity (Wildman–Crippen MR) is 70.7 cm³/mol. The van der Waals surface area contributed by atoms with E-state index in [1.54, 1.807) is 0 Å². The van der Waals surface area contributed by atoms with Crippen molar-refractivity contribution < 1.29 is 4.74 Å². The van der Waals surface area contributed by atoms with Crippen LogP contribution in [0.3, 0.4) is 0 Å². The van der Waals surface area contributed by atoms with Gasteiger partial charge in [-0.3, -0.25) is 0 Å². The van der Waals surface area contributed by atoms with Crippen LogP contribution in [0.4, 0.5) is 0 Å². The molecule has 88 valence electrons. The second kappa shape index (κ2) is 6.18. The van der Waals surface area contributed by atoms with Gasteiger partial charge in [-0.15, -0.1) is 0 Å². The average Bonchev–Trinajstić information content (AvgIpc) is 3.14. The lowest BCUT2D eigenvalue weighted by molar-refractivity contribution is 0.391. The molecule has 0 radical (unpaired) electrons. The lowest BCUT2D eigenvalue weighted by atomic mass is 10.2. The summed E-state index contributed by atoms with van der Waals surface area (Å²) in [5, 5.41) is 1.52. The maximum atomic E-state index is 5.90. The number of nitrogens with two attached hydrogens (primary N) is 1. The summed E-state index contributed by atoms with van der Waals surface area (Å²) in [4.78, 5) is 0. The topological polar surface area (TPSA) is 38.5 Å². The minimum Gasteiger partial charge on any atom is -0.373 e. The Bertz CT molecular complexity index is 300. The summed E-state index contributed by atoms with van der Waals surface area (Å²) in [6.07, 6.45) is 5.36. The molecule has 2 unspecified atom stereocenters. The van der Waals surface area contributed by atoms with E-state index in [0.717, 1.165) is 12.8 Å². The summed E-state index contributed by atoms with van der Waals surface area (Å²) in [5.41, 5.74) is 5.90. The van der Waals surface area contributed by atoms with Crippen molar-refractivity contribution in [3.63, 3.8) is 0 Å². The zero-order valence-corrected chi connectivity index (χ0v) is 10.9. The Hall–Kier alpha value is -0.643. The second-order valence-corrected chi connectivity index (χ2v) is 7.69. The second-order valence-electron chi connectivity index (χ2n) is 4.58. The minimum absolute atomic E-state index is 0.592. The van der Waals surface area contributed by atoms with Crippen LogP contribution in [0.25, 0.3) is 0 Å². The van der Waals surface area contributed by atoms with Gasteiger partial charge in [0.2, 0.25) is 0 Å². The van der Waals surface area contributed by atoms with Crippen LogP contribution in [0.15, 0.2) is 30.3 Å². The van der Waals surface area contributed by atoms with Crippen LogP contribution in [-0.2, 0) is 4.74 Å². The van der Waals surface area contributed by atoms with Gasteiger partial charge in [0.05, 0.1) is 21.5 Å². The fourth-order valence-corrected chi connectivity index (χ4v) is 4.53. The summed E-state index contributed by atoms with van der Waals surface area (Å²) < 4.78 is 5.21. The van der Waals surface area contributed by atoms with Crippen molar-refractivity contribution >= 4 is 14.0 Å². The number of rotatable bonds is 7. The zero-order valence-electron chi connectivity index (χ0n) is 9.77. The molecule has 3 heteroatoms. The first kappa shape index (κ1) is 11.8. The monoisotopic (exact) mass is 235 g/mol. The van der Waals surface area contributed by atoms with Crippen LogP contribution < -0.4 is 10.9 Å². The van der Waals surface area contributed by atoms with Crippen molar-refractivity contribution in [2.24, 2.45) is 5.73 Å². The SMILES string of the molecule is NC[SiH](CCCCC1CO1)c1ccccc1. The molecule has 0 saturated carbocycles. The van der Waals surface area contributed by atoms with Crippen LogP contribution in [0.1, 0.15) is 19.3 Å². The normalized spacial score (nSPS) is 20.7. The van der Waals surface area contributed by atoms with Crippen LogP contribution in [0, 0.1) is 0 Å². The molecule has 1 aromatic carbocycles. The van der Waals surface area contributed by atoms with Gasteiger partial charge in [-0.25, -0.2) is 0 Å². The molecule has 2 rings (SSSR count). The van der Waals surface area contributed by atoms with Crippen molar-refractivity contribution in [2.75, 3.05) is 12.8 Å². The van der Waals surface area contributed by atoms with E-state index >= 15 is 0 Å². The van der Waals surface area contributed by atoms with E-state index < -0.39 is 8.80 Å². The molecule has 2 N–H and O–H groups in total. The number of benzene rings is 1. The van der Waals surface area contributed by atoms with Gasteiger partial charge in [0.1, 0.15) is 0 Å². The van der Waals surface area contributed by atoms with Crippen LogP contribution in [0.2, 0.25) is 6.04 Å². The van der Waals surface area contributed by atoms with Gasteiger partial charge in [-0.2, -0.15) is 0 Å². The zero-order chi connectivity index (χ0) is 11.2. The van der Waals surface area contributed by atoms with E-state index in [1.807, 2.05) is 0 Å². The van der Waals surface area contributed by atoms with E-state index in [1.165, 1.54) is 30.5 Å². The van der Waals surface area contributed by atoms with Crippen LogP contribution in [0.5, 0.6) is 0 Å². The quantitative estimate of drug-likeness (QED) is 0.438. The molecule has 1 aliphatic heterocycles. The predicted octanol–water partition coefficient (Wildman–Crippen LogP) is 1.19. The van der Waals surface area contributed by atoms with E-state index in [9.17, 15) is 0 Å². The third-order valence-electron chi connectivity index (χ3n) is 3.29. The Morgan fingerprint density at radius 1 is 1.25 bits per heavy atom. The molecular formula is C13H21NOSi. The fourth-order valence-electron chi connectivity index (χ4n) is 2.14. The average molecular weight is 235 g/mol. The summed E-state index contributed by atoms with van der Waals surface area (Å²) >= 11 is 0. The number of ether oxygens (including phenoxy) is 1. The molecule has 1 aromatic rings. The lowest BCUT2D eigenvalue weighted by Gasteiger charge is -2.12. The highest BCUT2D eigenvalue weighted by molar-refractivity contribution is 6.73. The molecule has 0 amide bonds. The van der Waals surface area contributed by atoms with E-state index in [-0.39, 0.29) is 0 Å². The van der Waals surface area contributed by atoms with Gasteiger partial charge >= 0.3 is 0 Å². The van der Waals surface area contributed by atoms with Crippen molar-refractivity contribution in [3.05, 3.63) is 30.3 Å². The first-order valence-corrected chi connectivity index (χ1v) is 8.48. The highest BCUT2D eigenvalue weighted by Crippen LogP contribution is 2.17. The maximum absolute atomic E-state index is 5.90. The number of hydrogen-bond donors (Lipinski definition) is 1. The van der Waals surface area contributed by atoms with Gasteiger partial charge in [-0.05, 0) is 12.6 Å². The Morgan fingerprint density at radius 2 is 2.00 bits per heavy atom. The lowest BCUT2D eigenvalue weighted by Crippen LogP contribution is -2.37. The molecule has 1 saturated heterocycles. The molecular weight excluding hydrogens is 214 g/mol. The van der Waals surface area contributed by atoms with Gasteiger partial charge in [0.25, 0.3) is 0 Å². The molecule has 1 fully saturated rings. The summed E-state index contributed by atoms with van der Waals surface area (Å²) in [5.74, 6) is 0. The van der Waals surface area contributed by atoms with E-state index in [0.29, 0.717) is 6.10 Å². The number of unbranched alkanes of at least 4 members (excludes halogenated alkanes) is 1. The summed E-state index contributed by atoms with van der Waals surface area (Å²) in [6.45, 7) is 0.996. The Morgan fingerprint density at radius 3 is 2.62 bits per heavy atom. The Balaban J connectivity index is 1.72. The highest BCUT2D eigenvalue weighted by atomic mass is 28.3. The number of hydrogen-bond acceptors (Lipinski definition) is 2. The largest absolute Gasteiger partial charge is 0.373 e. The first-order valence-electron chi connectivity index (χ1n) is 6.26. The van der Waals surface area contributed by atoms with Crippen molar-refractivity contribution in [1.29, 1.82) is 0 Å². The molecule has 16 heavy (non-hydrogen) atoms. The molecule has 2 atom stereocenters. The standard InChI is InChI=1S/C13H21NOSi/c14-11-16(13-7-2-1-3-8-13)9-5-4-6-12-10-15-12/h1-3,7-8,12,16H,4-6,9-11,14H2. The molecule has 1 aliphatic rings. The van der Waals surface area contributed by atoms with Crippen molar-refractivity contribution in [2.45, 2.75) is 31.4 Å². The van der Waals surface area contributed by atoms with Gasteiger partial charge in [-0.1, -0.05) is 54.4 Å². The third kappa shape index (κ3) is 3.74. The smallest absolute Gasteiger partial charge is 0.0850 e. The molecule has 0 bridgehead atoms. The number of epoxide rings is 1. The van der Waals surface area contributed by atoms with Gasteiger partial charge in [0, 0.05) is 0 Å². The van der Waals surface area contributed by atoms with E-state index in [2.05, 4.69) is 30.3 Å². The molecule has 0 aliphatic carbocycles.